The van der Waals surface area contributed by atoms with Crippen LogP contribution in [0.1, 0.15) is 47.0 Å². The standard InChI is InChI=1S/C22H46N2O5/c1-20(2)8-7-10-24(6)22(25)9-12-26-14-16-28-18-19-29-17-15-27-13-11-23(5)21(3)4/h20-21H,7-19H2,1-6H3. The van der Waals surface area contributed by atoms with Gasteiger partial charge in [-0.05, 0) is 39.7 Å². The normalized spacial score (nSPS) is 11.8. The summed E-state index contributed by atoms with van der Waals surface area (Å²) in [5, 5.41) is 0. The van der Waals surface area contributed by atoms with E-state index in [9.17, 15) is 4.79 Å². The summed E-state index contributed by atoms with van der Waals surface area (Å²) in [6.45, 7) is 14.9. The lowest BCUT2D eigenvalue weighted by atomic mass is 10.1. The van der Waals surface area contributed by atoms with E-state index in [-0.39, 0.29) is 5.91 Å². The van der Waals surface area contributed by atoms with Gasteiger partial charge in [0.2, 0.25) is 5.91 Å². The number of likely N-dealkylation sites (N-methyl/N-ethyl adjacent to an activating group) is 1. The smallest absolute Gasteiger partial charge is 0.224 e. The van der Waals surface area contributed by atoms with E-state index >= 15 is 0 Å². The van der Waals surface area contributed by atoms with E-state index in [1.165, 1.54) is 0 Å². The average molecular weight is 419 g/mol. The first kappa shape index (κ1) is 28.3. The molecule has 0 bridgehead atoms. The first-order valence-electron chi connectivity index (χ1n) is 11.1. The maximum Gasteiger partial charge on any atom is 0.224 e. The summed E-state index contributed by atoms with van der Waals surface area (Å²) in [5.41, 5.74) is 0. The Kier molecular flexibility index (Phi) is 18.8. The van der Waals surface area contributed by atoms with Crippen molar-refractivity contribution in [2.45, 2.75) is 53.0 Å². The van der Waals surface area contributed by atoms with Crippen LogP contribution in [-0.4, -0.2) is 102 Å². The summed E-state index contributed by atoms with van der Waals surface area (Å²) in [4.78, 5) is 16.0. The number of carbonyl (C=O) groups is 1. The topological polar surface area (TPSA) is 60.5 Å². The van der Waals surface area contributed by atoms with Crippen molar-refractivity contribution in [3.05, 3.63) is 0 Å². The van der Waals surface area contributed by atoms with Gasteiger partial charge in [-0.3, -0.25) is 4.79 Å². The summed E-state index contributed by atoms with van der Waals surface area (Å²) in [5.74, 6) is 0.823. The highest BCUT2D eigenvalue weighted by Gasteiger charge is 2.08. The molecule has 0 N–H and O–H groups in total. The molecule has 0 aromatic carbocycles. The third-order valence-corrected chi connectivity index (χ3v) is 4.75. The van der Waals surface area contributed by atoms with Gasteiger partial charge in [0.1, 0.15) is 0 Å². The number of rotatable bonds is 20. The Balaban J connectivity index is 3.30. The van der Waals surface area contributed by atoms with Crippen LogP contribution in [0.3, 0.4) is 0 Å². The molecule has 0 saturated heterocycles. The highest BCUT2D eigenvalue weighted by atomic mass is 16.6. The van der Waals surface area contributed by atoms with Crippen molar-refractivity contribution in [1.82, 2.24) is 9.80 Å². The minimum atomic E-state index is 0.140. The zero-order chi connectivity index (χ0) is 21.9. The van der Waals surface area contributed by atoms with Crippen molar-refractivity contribution in [1.29, 1.82) is 0 Å². The molecule has 29 heavy (non-hydrogen) atoms. The summed E-state index contributed by atoms with van der Waals surface area (Å²) in [6.07, 6.45) is 2.63. The van der Waals surface area contributed by atoms with E-state index in [0.29, 0.717) is 64.6 Å². The van der Waals surface area contributed by atoms with Crippen molar-refractivity contribution in [3.8, 4) is 0 Å². The molecule has 0 aliphatic carbocycles. The van der Waals surface area contributed by atoms with Gasteiger partial charge in [0.15, 0.2) is 0 Å². The number of nitrogens with zero attached hydrogens (tertiary/aromatic N) is 2. The molecule has 0 unspecified atom stereocenters. The van der Waals surface area contributed by atoms with Gasteiger partial charge >= 0.3 is 0 Å². The Labute approximate surface area is 179 Å². The van der Waals surface area contributed by atoms with Crippen LogP contribution in [0.5, 0.6) is 0 Å². The Morgan fingerprint density at radius 2 is 1.21 bits per heavy atom. The number of ether oxygens (including phenoxy) is 4. The first-order chi connectivity index (χ1) is 13.8. The molecule has 0 aromatic rings. The van der Waals surface area contributed by atoms with E-state index in [1.807, 2.05) is 7.05 Å². The zero-order valence-electron chi connectivity index (χ0n) is 19.8. The molecule has 0 aliphatic rings. The SMILES string of the molecule is CC(C)CCCN(C)C(=O)CCOCCOCCOCCOCCN(C)C(C)C. The molecule has 0 spiro atoms. The summed E-state index contributed by atoms with van der Waals surface area (Å²) in [6, 6.07) is 0.539. The largest absolute Gasteiger partial charge is 0.379 e. The number of hydrogen-bond acceptors (Lipinski definition) is 6. The molecule has 0 aromatic heterocycles. The van der Waals surface area contributed by atoms with Crippen LogP contribution in [0, 0.1) is 5.92 Å². The molecular formula is C22H46N2O5. The lowest BCUT2D eigenvalue weighted by molar-refractivity contribution is -0.131. The van der Waals surface area contributed by atoms with Gasteiger partial charge in [-0.1, -0.05) is 13.8 Å². The monoisotopic (exact) mass is 418 g/mol. The third-order valence-electron chi connectivity index (χ3n) is 4.75. The number of amides is 1. The maximum atomic E-state index is 12.0. The van der Waals surface area contributed by atoms with Crippen LogP contribution in [0.2, 0.25) is 0 Å². The highest BCUT2D eigenvalue weighted by Crippen LogP contribution is 2.04. The molecule has 7 nitrogen and oxygen atoms in total. The third kappa shape index (κ3) is 19.0. The van der Waals surface area contributed by atoms with Crippen LogP contribution in [0.4, 0.5) is 0 Å². The number of hydrogen-bond donors (Lipinski definition) is 0. The van der Waals surface area contributed by atoms with Crippen molar-refractivity contribution in [3.63, 3.8) is 0 Å². The van der Waals surface area contributed by atoms with Gasteiger partial charge < -0.3 is 28.7 Å². The molecule has 0 aliphatic heterocycles. The molecule has 0 rings (SSSR count). The quantitative estimate of drug-likeness (QED) is 0.283. The van der Waals surface area contributed by atoms with Crippen molar-refractivity contribution < 1.29 is 23.7 Å². The van der Waals surface area contributed by atoms with Crippen LogP contribution in [0.25, 0.3) is 0 Å². The second-order valence-electron chi connectivity index (χ2n) is 8.13. The fourth-order valence-electron chi connectivity index (χ4n) is 2.44. The van der Waals surface area contributed by atoms with Gasteiger partial charge in [0.25, 0.3) is 0 Å². The van der Waals surface area contributed by atoms with Gasteiger partial charge in [0.05, 0.1) is 59.3 Å². The first-order valence-corrected chi connectivity index (χ1v) is 11.1. The lowest BCUT2D eigenvalue weighted by Crippen LogP contribution is -2.30. The minimum absolute atomic E-state index is 0.140. The van der Waals surface area contributed by atoms with Gasteiger partial charge in [-0.2, -0.15) is 0 Å². The van der Waals surface area contributed by atoms with E-state index in [4.69, 9.17) is 18.9 Å². The maximum absolute atomic E-state index is 12.0. The van der Waals surface area contributed by atoms with Crippen LogP contribution in [0.15, 0.2) is 0 Å². The Morgan fingerprint density at radius 1 is 0.724 bits per heavy atom. The summed E-state index contributed by atoms with van der Waals surface area (Å²) >= 11 is 0. The molecule has 0 radical (unpaired) electrons. The van der Waals surface area contributed by atoms with Crippen LogP contribution in [-0.2, 0) is 23.7 Å². The van der Waals surface area contributed by atoms with E-state index in [0.717, 1.165) is 32.5 Å². The molecular weight excluding hydrogens is 372 g/mol. The summed E-state index contributed by atoms with van der Waals surface area (Å²) in [7, 11) is 3.96. The molecule has 7 heteroatoms. The molecule has 1 amide bonds. The zero-order valence-corrected chi connectivity index (χ0v) is 19.8. The predicted molar refractivity (Wildman–Crippen MR) is 117 cm³/mol. The van der Waals surface area contributed by atoms with Crippen molar-refractivity contribution >= 4 is 5.91 Å². The van der Waals surface area contributed by atoms with E-state index < -0.39 is 0 Å². The minimum Gasteiger partial charge on any atom is -0.379 e. The van der Waals surface area contributed by atoms with Gasteiger partial charge in [-0.15, -0.1) is 0 Å². The molecule has 0 saturated carbocycles. The Hall–Kier alpha value is -0.730. The second kappa shape index (κ2) is 19.2. The average Bonchev–Trinajstić information content (AvgIpc) is 2.67. The van der Waals surface area contributed by atoms with Gasteiger partial charge in [-0.25, -0.2) is 0 Å². The van der Waals surface area contributed by atoms with Crippen LogP contribution < -0.4 is 0 Å². The Bertz CT molecular complexity index is 380. The summed E-state index contributed by atoms with van der Waals surface area (Å²) < 4.78 is 21.9. The fraction of sp³-hybridized carbons (Fsp3) is 0.955. The molecule has 0 heterocycles. The van der Waals surface area contributed by atoms with E-state index in [1.54, 1.807) is 4.90 Å². The predicted octanol–water partition coefficient (Wildman–Crippen LogP) is 2.68. The Morgan fingerprint density at radius 3 is 1.69 bits per heavy atom. The van der Waals surface area contributed by atoms with E-state index in [2.05, 4.69) is 39.6 Å². The second-order valence-corrected chi connectivity index (χ2v) is 8.13. The lowest BCUT2D eigenvalue weighted by Gasteiger charge is -2.20. The van der Waals surface area contributed by atoms with Crippen LogP contribution >= 0.6 is 0 Å². The highest BCUT2D eigenvalue weighted by molar-refractivity contribution is 5.75. The molecule has 0 fully saturated rings. The molecule has 0 atom stereocenters. The van der Waals surface area contributed by atoms with Crippen molar-refractivity contribution in [2.75, 3.05) is 80.0 Å². The van der Waals surface area contributed by atoms with Crippen molar-refractivity contribution in [2.24, 2.45) is 5.92 Å². The number of carbonyl (C=O) groups excluding carboxylic acids is 1. The fourth-order valence-corrected chi connectivity index (χ4v) is 2.44. The van der Waals surface area contributed by atoms with Gasteiger partial charge in [0, 0.05) is 26.2 Å². The molecule has 174 valence electrons.